The number of hydrazine groups is 1. The Kier molecular flexibility index (Phi) is 5.45. The molecule has 1 aliphatic rings. The molecule has 9 heteroatoms. The molecule has 1 saturated carbocycles. The second kappa shape index (κ2) is 7.52. The number of rotatable bonds is 4. The van der Waals surface area contributed by atoms with Gasteiger partial charge in [0.15, 0.2) is 0 Å². The van der Waals surface area contributed by atoms with Gasteiger partial charge >= 0.3 is 6.30 Å². The molecule has 6 nitrogen and oxygen atoms in total. The molecule has 1 N–H and O–H groups in total. The van der Waals surface area contributed by atoms with E-state index in [9.17, 15) is 18.0 Å². The zero-order chi connectivity index (χ0) is 16.7. The number of anilines is 1. The van der Waals surface area contributed by atoms with Crippen molar-refractivity contribution < 1.29 is 18.0 Å². The number of alkyl halides is 3. The van der Waals surface area contributed by atoms with E-state index in [-0.39, 0.29) is 23.0 Å². The first kappa shape index (κ1) is 16.7. The van der Waals surface area contributed by atoms with Crippen LogP contribution in [0.15, 0.2) is 43.0 Å². The minimum Gasteiger partial charge on any atom is -0.277 e. The van der Waals surface area contributed by atoms with Gasteiger partial charge in [-0.2, -0.15) is 5.01 Å². The van der Waals surface area contributed by atoms with Gasteiger partial charge in [0.25, 0.3) is 0 Å². The van der Waals surface area contributed by atoms with Crippen LogP contribution in [0.25, 0.3) is 0 Å². The van der Waals surface area contributed by atoms with Crippen LogP contribution in [0.3, 0.4) is 0 Å². The van der Waals surface area contributed by atoms with Crippen molar-refractivity contribution in [3.63, 3.8) is 0 Å². The van der Waals surface area contributed by atoms with Crippen molar-refractivity contribution in [3.8, 4) is 0 Å². The number of hydrogen-bond donors (Lipinski definition) is 1. The van der Waals surface area contributed by atoms with E-state index >= 15 is 0 Å². The summed E-state index contributed by atoms with van der Waals surface area (Å²) in [7, 11) is 0. The summed E-state index contributed by atoms with van der Waals surface area (Å²) in [5, 5.41) is -0.239. The maximum atomic E-state index is 12.5. The molecule has 2 aromatic rings. The largest absolute Gasteiger partial charge is 0.503 e. The molecule has 1 aliphatic carbocycles. The van der Waals surface area contributed by atoms with Crippen LogP contribution in [0.4, 0.5) is 18.9 Å². The second-order valence-corrected chi connectivity index (χ2v) is 4.65. The van der Waals surface area contributed by atoms with Crippen LogP contribution in [0.1, 0.15) is 24.6 Å². The molecule has 122 valence electrons. The number of halogens is 3. The molecule has 3 rings (SSSR count). The van der Waals surface area contributed by atoms with Gasteiger partial charge in [-0.05, 0) is 25.0 Å². The Hall–Kier alpha value is -2.71. The molecule has 2 heterocycles. The maximum absolute atomic E-state index is 12.5. The van der Waals surface area contributed by atoms with Crippen LogP contribution in [0.2, 0.25) is 0 Å². The Morgan fingerprint density at radius 2 is 1.74 bits per heavy atom. The topological polar surface area (TPSA) is 71.0 Å². The summed E-state index contributed by atoms with van der Waals surface area (Å²) in [6.45, 7) is 0. The molecule has 1 amide bonds. The van der Waals surface area contributed by atoms with E-state index in [0.717, 1.165) is 25.2 Å². The van der Waals surface area contributed by atoms with Gasteiger partial charge < -0.3 is 0 Å². The van der Waals surface area contributed by atoms with Crippen LogP contribution in [-0.2, 0) is 4.79 Å². The summed E-state index contributed by atoms with van der Waals surface area (Å²) in [6, 6.07) is 5.72. The average molecular weight is 325 g/mol. The molecule has 0 radical (unpaired) electrons. The predicted octanol–water partition coefficient (Wildman–Crippen LogP) is 2.42. The summed E-state index contributed by atoms with van der Waals surface area (Å²) in [5.74, 6) is 0.810. The molecule has 0 spiro atoms. The summed E-state index contributed by atoms with van der Waals surface area (Å²) in [4.78, 5) is 21.6. The fourth-order valence-corrected chi connectivity index (χ4v) is 1.66. The third-order valence-electron chi connectivity index (χ3n) is 2.86. The first-order valence-corrected chi connectivity index (χ1v) is 6.76. The summed E-state index contributed by atoms with van der Waals surface area (Å²) < 4.78 is 37.5. The van der Waals surface area contributed by atoms with Gasteiger partial charge in [0.1, 0.15) is 11.5 Å². The van der Waals surface area contributed by atoms with Gasteiger partial charge in [0.2, 0.25) is 6.41 Å². The Balaban J connectivity index is 0.000000268. The molecule has 0 atom stereocenters. The zero-order valence-corrected chi connectivity index (χ0v) is 11.9. The van der Waals surface area contributed by atoms with E-state index in [1.165, 1.54) is 0 Å². The molecule has 0 aromatic carbocycles. The van der Waals surface area contributed by atoms with Crippen molar-refractivity contribution in [3.05, 3.63) is 48.8 Å². The van der Waals surface area contributed by atoms with E-state index in [1.807, 2.05) is 18.2 Å². The molecular formula is C14H14F3N5O. The number of carbonyl (C=O) groups excluding carboxylic acids is 1. The number of carbonyl (C=O) groups is 1. The second-order valence-electron chi connectivity index (χ2n) is 4.65. The normalized spacial score (nSPS) is 13.5. The van der Waals surface area contributed by atoms with E-state index in [4.69, 9.17) is 0 Å². The van der Waals surface area contributed by atoms with Crippen molar-refractivity contribution in [1.82, 2.24) is 20.4 Å². The first-order valence-electron chi connectivity index (χ1n) is 6.76. The predicted molar refractivity (Wildman–Crippen MR) is 76.0 cm³/mol. The Morgan fingerprint density at radius 3 is 2.09 bits per heavy atom. The number of amides is 1. The minimum absolute atomic E-state index is 0.0533. The van der Waals surface area contributed by atoms with Crippen molar-refractivity contribution >= 4 is 12.1 Å². The number of aromatic nitrogens is 3. The number of nitrogens with zero attached hydrogens (tertiary/aromatic N) is 4. The van der Waals surface area contributed by atoms with Crippen LogP contribution >= 0.6 is 0 Å². The van der Waals surface area contributed by atoms with Gasteiger partial charge in [0.05, 0.1) is 12.4 Å². The van der Waals surface area contributed by atoms with Crippen LogP contribution in [-0.4, -0.2) is 27.7 Å². The summed E-state index contributed by atoms with van der Waals surface area (Å²) in [6.07, 6.45) is 2.76. The highest BCUT2D eigenvalue weighted by Crippen LogP contribution is 2.38. The Bertz CT molecular complexity index is 575. The van der Waals surface area contributed by atoms with Crippen molar-refractivity contribution in [1.29, 1.82) is 0 Å². The highest BCUT2D eigenvalue weighted by molar-refractivity contribution is 5.54. The van der Waals surface area contributed by atoms with Gasteiger partial charge in [-0.25, -0.2) is 9.97 Å². The molecule has 0 bridgehead atoms. The molecule has 0 aliphatic heterocycles. The van der Waals surface area contributed by atoms with E-state index in [1.54, 1.807) is 17.8 Å². The van der Waals surface area contributed by atoms with E-state index in [2.05, 4.69) is 15.0 Å². The molecule has 0 unspecified atom stereocenters. The monoisotopic (exact) mass is 325 g/mol. The maximum Gasteiger partial charge on any atom is 0.503 e. The third kappa shape index (κ3) is 5.20. The number of hydrogen-bond acceptors (Lipinski definition) is 5. The summed E-state index contributed by atoms with van der Waals surface area (Å²) in [5.41, 5.74) is 1.23. The molecule has 0 saturated heterocycles. The average Bonchev–Trinajstić information content (AvgIpc) is 3.39. The fraction of sp³-hybridized carbons (Fsp3) is 0.286. The molecule has 1 fully saturated rings. The third-order valence-corrected chi connectivity index (χ3v) is 2.86. The highest BCUT2D eigenvalue weighted by Gasteiger charge is 2.38. The molecule has 23 heavy (non-hydrogen) atoms. The van der Waals surface area contributed by atoms with Crippen molar-refractivity contribution in [2.45, 2.75) is 25.1 Å². The lowest BCUT2D eigenvalue weighted by molar-refractivity contribution is -0.142. The lowest BCUT2D eigenvalue weighted by Gasteiger charge is -2.24. The van der Waals surface area contributed by atoms with Crippen LogP contribution < -0.4 is 10.4 Å². The SMILES string of the molecule is O=CNN(c1cnc(C2CC2)nc1)C(F)(F)F.c1ccncc1. The van der Waals surface area contributed by atoms with Crippen LogP contribution in [0.5, 0.6) is 0 Å². The van der Waals surface area contributed by atoms with Crippen LogP contribution in [0, 0.1) is 0 Å². The number of pyridine rings is 1. The Morgan fingerprint density at radius 1 is 1.13 bits per heavy atom. The quantitative estimate of drug-likeness (QED) is 0.531. The smallest absolute Gasteiger partial charge is 0.277 e. The van der Waals surface area contributed by atoms with E-state index < -0.39 is 6.30 Å². The minimum atomic E-state index is -4.72. The van der Waals surface area contributed by atoms with Gasteiger partial charge in [-0.1, -0.05) is 6.07 Å². The summed E-state index contributed by atoms with van der Waals surface area (Å²) >= 11 is 0. The lowest BCUT2D eigenvalue weighted by Crippen LogP contribution is -2.48. The fourth-order valence-electron chi connectivity index (χ4n) is 1.66. The first-order chi connectivity index (χ1) is 11.0. The van der Waals surface area contributed by atoms with Crippen molar-refractivity contribution in [2.75, 3.05) is 5.01 Å². The molecular weight excluding hydrogens is 311 g/mol. The highest BCUT2D eigenvalue weighted by atomic mass is 19.4. The zero-order valence-electron chi connectivity index (χ0n) is 11.9. The van der Waals surface area contributed by atoms with Gasteiger partial charge in [-0.15, -0.1) is 13.2 Å². The van der Waals surface area contributed by atoms with Gasteiger partial charge in [-0.3, -0.25) is 15.2 Å². The van der Waals surface area contributed by atoms with Crippen molar-refractivity contribution in [2.24, 2.45) is 0 Å². The van der Waals surface area contributed by atoms with Gasteiger partial charge in [0, 0.05) is 18.3 Å². The standard InChI is InChI=1S/C9H9F3N4O.C5H5N/c10-9(11,12)16(15-5-17)7-3-13-8(14-4-7)6-1-2-6;1-2-4-6-5-3-1/h3-6H,1-2H2,(H,15,17);1-5H. The van der Waals surface area contributed by atoms with E-state index in [0.29, 0.717) is 5.82 Å². The Labute approximate surface area is 130 Å². The lowest BCUT2D eigenvalue weighted by atomic mass is 10.4. The number of nitrogens with one attached hydrogen (secondary N) is 1. The molecule has 2 aromatic heterocycles.